The summed E-state index contributed by atoms with van der Waals surface area (Å²) in [6.07, 6.45) is 3.33. The Bertz CT molecular complexity index is 1430. The van der Waals surface area contributed by atoms with Gasteiger partial charge in [0.2, 0.25) is 0 Å². The molecule has 2 aromatic heterocycles. The van der Waals surface area contributed by atoms with E-state index >= 15 is 0 Å². The summed E-state index contributed by atoms with van der Waals surface area (Å²) < 4.78 is 45.3. The highest BCUT2D eigenvalue weighted by atomic mass is 32.2. The fraction of sp³-hybridized carbons (Fsp3) is 0.625. The van der Waals surface area contributed by atoms with E-state index in [1.807, 2.05) is 0 Å². The lowest BCUT2D eigenvalue weighted by Crippen LogP contribution is -2.59. The zero-order chi connectivity index (χ0) is 24.9. The van der Waals surface area contributed by atoms with Crippen molar-refractivity contribution in [1.82, 2.24) is 14.9 Å². The fourth-order valence-electron chi connectivity index (χ4n) is 7.19. The summed E-state index contributed by atoms with van der Waals surface area (Å²) in [5, 5.41) is 10.3. The highest BCUT2D eigenvalue weighted by molar-refractivity contribution is 7.90. The van der Waals surface area contributed by atoms with Gasteiger partial charge in [-0.3, -0.25) is 4.90 Å². The average molecular weight is 531 g/mol. The molecule has 0 bridgehead atoms. The summed E-state index contributed by atoms with van der Waals surface area (Å²) in [5.41, 5.74) is 8.43. The van der Waals surface area contributed by atoms with Crippen LogP contribution in [0.25, 0.3) is 0 Å². The lowest BCUT2D eigenvalue weighted by Gasteiger charge is -2.49. The summed E-state index contributed by atoms with van der Waals surface area (Å²) >= 11 is 1.51. The molecule has 5 aliphatic rings. The third-order valence-corrected chi connectivity index (χ3v) is 11.3. The number of nitrogen functional groups attached to an aromatic ring is 1. The molecule has 7 rings (SSSR count). The molecule has 36 heavy (non-hydrogen) atoms. The van der Waals surface area contributed by atoms with Crippen molar-refractivity contribution in [3.05, 3.63) is 27.3 Å². The van der Waals surface area contributed by atoms with Gasteiger partial charge < -0.3 is 15.4 Å². The minimum atomic E-state index is -3.30. The van der Waals surface area contributed by atoms with Crippen molar-refractivity contribution in [2.75, 3.05) is 43.4 Å². The minimum absolute atomic E-state index is 0.0806. The number of thiophene rings is 1. The Morgan fingerprint density at radius 1 is 1.28 bits per heavy atom. The number of nitrogens with zero attached hydrogens (tertiary/aromatic N) is 5. The van der Waals surface area contributed by atoms with Crippen molar-refractivity contribution in [2.24, 2.45) is 0 Å². The number of ether oxygens (including phenoxy) is 1. The van der Waals surface area contributed by atoms with Crippen LogP contribution >= 0.6 is 11.3 Å². The summed E-state index contributed by atoms with van der Waals surface area (Å²) in [5.74, 6) is 0.399. The zero-order valence-electron chi connectivity index (χ0n) is 19.8. The number of sulfone groups is 1. The van der Waals surface area contributed by atoms with Crippen molar-refractivity contribution in [3.63, 3.8) is 0 Å². The molecule has 0 amide bonds. The predicted molar refractivity (Wildman–Crippen MR) is 133 cm³/mol. The van der Waals surface area contributed by atoms with Gasteiger partial charge in [-0.1, -0.05) is 0 Å². The lowest BCUT2D eigenvalue weighted by atomic mass is 9.74. The van der Waals surface area contributed by atoms with Gasteiger partial charge in [0.15, 0.2) is 9.84 Å². The van der Waals surface area contributed by atoms with E-state index in [0.29, 0.717) is 60.3 Å². The van der Waals surface area contributed by atoms with E-state index < -0.39 is 16.0 Å². The van der Waals surface area contributed by atoms with Gasteiger partial charge in [0, 0.05) is 41.9 Å². The Balaban J connectivity index is 1.18. The first kappa shape index (κ1) is 22.7. The highest BCUT2D eigenvalue weighted by Crippen LogP contribution is 2.53. The molecule has 0 saturated carbocycles. The summed E-state index contributed by atoms with van der Waals surface area (Å²) in [7, 11) is -3.30. The van der Waals surface area contributed by atoms with Crippen LogP contribution in [0.4, 0.5) is 15.2 Å². The Labute approximate surface area is 213 Å². The van der Waals surface area contributed by atoms with Crippen LogP contribution in [0.3, 0.4) is 0 Å². The van der Waals surface area contributed by atoms with Gasteiger partial charge in [-0.05, 0) is 37.8 Å². The van der Waals surface area contributed by atoms with Crippen LogP contribution in [0.5, 0.6) is 6.01 Å². The maximum atomic E-state index is 14.2. The molecule has 0 unspecified atom stereocenters. The average Bonchev–Trinajstić information content (AvgIpc) is 3.55. The van der Waals surface area contributed by atoms with E-state index in [9.17, 15) is 18.1 Å². The summed E-state index contributed by atoms with van der Waals surface area (Å²) in [6.45, 7) is 2.90. The van der Waals surface area contributed by atoms with Gasteiger partial charge in [-0.25, -0.2) is 12.8 Å². The third kappa shape index (κ3) is 3.22. The molecule has 2 aromatic rings. The van der Waals surface area contributed by atoms with E-state index in [1.54, 1.807) is 0 Å². The smallest absolute Gasteiger partial charge is 0.318 e. The molecule has 2 N–H and O–H groups in total. The topological polar surface area (TPSA) is 125 Å². The Hall–Kier alpha value is -2.49. The van der Waals surface area contributed by atoms with Crippen LogP contribution in [0.1, 0.15) is 52.9 Å². The van der Waals surface area contributed by atoms with Crippen molar-refractivity contribution in [3.8, 4) is 12.1 Å². The molecule has 1 aliphatic carbocycles. The van der Waals surface area contributed by atoms with E-state index in [4.69, 9.17) is 15.5 Å². The summed E-state index contributed by atoms with van der Waals surface area (Å²) in [6, 6.07) is 2.45. The molecule has 6 heterocycles. The van der Waals surface area contributed by atoms with Gasteiger partial charge in [0.05, 0.1) is 28.3 Å². The maximum absolute atomic E-state index is 14.2. The number of alkyl halides is 1. The number of aromatic nitrogens is 2. The number of hydrogen-bond donors (Lipinski definition) is 1. The first-order chi connectivity index (χ1) is 17.2. The second-order valence-electron chi connectivity index (χ2n) is 11.0. The number of halogens is 1. The van der Waals surface area contributed by atoms with Gasteiger partial charge in [-0.2, -0.15) is 15.2 Å². The molecule has 4 aliphatic heterocycles. The van der Waals surface area contributed by atoms with Gasteiger partial charge in [0.25, 0.3) is 0 Å². The van der Waals surface area contributed by atoms with Crippen LogP contribution in [0.15, 0.2) is 0 Å². The number of fused-ring (bicyclic) bond motifs is 4. The monoisotopic (exact) mass is 530 g/mol. The highest BCUT2D eigenvalue weighted by Gasteiger charge is 2.53. The number of aryl methyl sites for hydroxylation is 1. The lowest BCUT2D eigenvalue weighted by molar-refractivity contribution is 0.107. The van der Waals surface area contributed by atoms with Crippen molar-refractivity contribution < 1.29 is 17.5 Å². The zero-order valence-corrected chi connectivity index (χ0v) is 21.4. The second-order valence-corrected chi connectivity index (χ2v) is 14.2. The molecular weight excluding hydrogens is 503 g/mol. The standard InChI is InChI=1S/C24H27FN6O3S2/c25-14-6-24(3-1-5-31(24)8-14)13-34-22-28-17-10-36(32,33)9-16(17)21(29-22)30-11-23(12-30)4-2-18-19(23)15(7-26)20(27)35-18/h14H,1-6,8-13,27H2/t14-,24+/m1/s1. The quantitative estimate of drug-likeness (QED) is 0.632. The first-order valence-electron chi connectivity index (χ1n) is 12.4. The molecule has 12 heteroatoms. The van der Waals surface area contributed by atoms with Crippen LogP contribution in [0, 0.1) is 11.3 Å². The minimum Gasteiger partial charge on any atom is -0.461 e. The number of hydrogen-bond acceptors (Lipinski definition) is 10. The first-order valence-corrected chi connectivity index (χ1v) is 15.0. The summed E-state index contributed by atoms with van der Waals surface area (Å²) in [4.78, 5) is 14.6. The SMILES string of the molecule is N#Cc1c(N)sc2c1C1(CC2)CN(c2nc(OC[C@@]34CCCN3C[C@H](F)C4)nc3c2CS(=O)(=O)C3)C1. The van der Waals surface area contributed by atoms with E-state index in [0.717, 1.165) is 37.8 Å². The molecule has 1 spiro atoms. The number of nitriles is 1. The molecular formula is C24H27FN6O3S2. The fourth-order valence-corrected chi connectivity index (χ4v) is 9.82. The van der Waals surface area contributed by atoms with E-state index in [-0.39, 0.29) is 28.5 Å². The van der Waals surface area contributed by atoms with Crippen molar-refractivity contribution in [1.29, 1.82) is 5.26 Å². The largest absolute Gasteiger partial charge is 0.461 e. The molecule has 3 fully saturated rings. The Morgan fingerprint density at radius 3 is 2.92 bits per heavy atom. The molecule has 0 aromatic carbocycles. The molecule has 2 atom stereocenters. The van der Waals surface area contributed by atoms with Crippen molar-refractivity contribution in [2.45, 2.75) is 60.7 Å². The number of anilines is 2. The van der Waals surface area contributed by atoms with Gasteiger partial charge in [0.1, 0.15) is 29.7 Å². The third-order valence-electron chi connectivity index (χ3n) is 8.77. The molecule has 190 valence electrons. The Kier molecular flexibility index (Phi) is 4.74. The van der Waals surface area contributed by atoms with Crippen LogP contribution < -0.4 is 15.4 Å². The number of rotatable bonds is 4. The van der Waals surface area contributed by atoms with Crippen molar-refractivity contribution >= 4 is 32.0 Å². The molecule has 3 saturated heterocycles. The van der Waals surface area contributed by atoms with Crippen LogP contribution in [-0.4, -0.2) is 67.8 Å². The Morgan fingerprint density at radius 2 is 2.11 bits per heavy atom. The normalized spacial score (nSPS) is 29.1. The predicted octanol–water partition coefficient (Wildman–Crippen LogP) is 2.08. The maximum Gasteiger partial charge on any atom is 0.318 e. The van der Waals surface area contributed by atoms with Crippen LogP contribution in [0.2, 0.25) is 0 Å². The van der Waals surface area contributed by atoms with E-state index in [1.165, 1.54) is 16.2 Å². The van der Waals surface area contributed by atoms with Gasteiger partial charge >= 0.3 is 6.01 Å². The number of nitrogens with two attached hydrogens (primary N) is 1. The molecule has 9 nitrogen and oxygen atoms in total. The van der Waals surface area contributed by atoms with Gasteiger partial charge in [-0.15, -0.1) is 11.3 Å². The van der Waals surface area contributed by atoms with E-state index in [2.05, 4.69) is 20.9 Å². The second kappa shape index (κ2) is 7.52. The molecule has 0 radical (unpaired) electrons. The van der Waals surface area contributed by atoms with Crippen LogP contribution in [-0.2, 0) is 33.2 Å².